The summed E-state index contributed by atoms with van der Waals surface area (Å²) >= 11 is 2.92. The van der Waals surface area contributed by atoms with Crippen molar-refractivity contribution in [2.75, 3.05) is 13.2 Å². The van der Waals surface area contributed by atoms with E-state index >= 15 is 0 Å². The van der Waals surface area contributed by atoms with E-state index in [0.717, 1.165) is 106 Å². The van der Waals surface area contributed by atoms with Crippen molar-refractivity contribution in [3.8, 4) is 11.5 Å². The second-order valence-corrected chi connectivity index (χ2v) is 18.5. The Labute approximate surface area is 384 Å². The van der Waals surface area contributed by atoms with Crippen LogP contribution in [0, 0.1) is 13.8 Å². The normalized spacial score (nSPS) is 12.8. The van der Waals surface area contributed by atoms with Crippen LogP contribution in [0.2, 0.25) is 0 Å². The highest BCUT2D eigenvalue weighted by Gasteiger charge is 2.32. The second-order valence-electron chi connectivity index (χ2n) is 16.3. The third-order valence-corrected chi connectivity index (χ3v) is 14.3. The Morgan fingerprint density at radius 1 is 0.585 bits per heavy atom. The van der Waals surface area contributed by atoms with Gasteiger partial charge in [0.05, 0.1) is 30.8 Å². The van der Waals surface area contributed by atoms with Crippen LogP contribution in [0.1, 0.15) is 127 Å². The van der Waals surface area contributed by atoms with Gasteiger partial charge in [-0.1, -0.05) is 75.9 Å². The second kappa shape index (κ2) is 23.4. The first-order valence-electron chi connectivity index (χ1n) is 21.9. The van der Waals surface area contributed by atoms with Crippen LogP contribution in [0.15, 0.2) is 84.9 Å². The van der Waals surface area contributed by atoms with Gasteiger partial charge in [-0.25, -0.2) is 0 Å². The molecule has 0 aliphatic rings. The average Bonchev–Trinajstić information content (AvgIpc) is 3.77. The van der Waals surface area contributed by atoms with Crippen LogP contribution >= 0.6 is 22.7 Å². The third-order valence-electron chi connectivity index (χ3n) is 11.5. The lowest BCUT2D eigenvalue weighted by atomic mass is 9.94. The summed E-state index contributed by atoms with van der Waals surface area (Å²) in [6.07, 6.45) is -0.494. The largest absolute Gasteiger partial charge is 0.494 e. The van der Waals surface area contributed by atoms with E-state index in [1.807, 2.05) is 38.1 Å². The summed E-state index contributed by atoms with van der Waals surface area (Å²) < 4.78 is 92.0. The predicted octanol–water partition coefficient (Wildman–Crippen LogP) is 15.6. The van der Waals surface area contributed by atoms with Crippen LogP contribution in [0.5, 0.6) is 11.5 Å². The van der Waals surface area contributed by atoms with Gasteiger partial charge in [-0.2, -0.15) is 26.3 Å². The van der Waals surface area contributed by atoms with Crippen molar-refractivity contribution in [1.82, 2.24) is 0 Å². The number of unbranched alkanes of at least 4 members (excludes halogenated alkanes) is 2. The van der Waals surface area contributed by atoms with Gasteiger partial charge in [-0.3, -0.25) is 9.59 Å². The van der Waals surface area contributed by atoms with E-state index in [2.05, 4.69) is 13.8 Å². The first kappa shape index (κ1) is 50.9. The monoisotopic (exact) mass is 942 g/mol. The fraction of sp³-hybridized carbons (Fsp3) is 0.412. The number of carboxylic acids is 2. The molecule has 2 N–H and O–H groups in total. The lowest BCUT2D eigenvalue weighted by Gasteiger charge is -2.17. The van der Waals surface area contributed by atoms with Crippen molar-refractivity contribution in [3.63, 3.8) is 0 Å². The molecule has 4 aromatic carbocycles. The number of thiophene rings is 2. The molecule has 65 heavy (non-hydrogen) atoms. The fourth-order valence-electron chi connectivity index (χ4n) is 7.85. The van der Waals surface area contributed by atoms with Crippen molar-refractivity contribution < 1.29 is 55.6 Å². The number of hydrogen-bond donors (Lipinski definition) is 2. The molecule has 0 spiro atoms. The first-order valence-corrected chi connectivity index (χ1v) is 23.6. The van der Waals surface area contributed by atoms with E-state index < -0.39 is 35.4 Å². The molecule has 6 rings (SSSR count). The molecule has 0 fully saturated rings. The number of ether oxygens (including phenoxy) is 2. The highest BCUT2D eigenvalue weighted by atomic mass is 32.1. The van der Waals surface area contributed by atoms with E-state index in [4.69, 9.17) is 19.7 Å². The standard InChI is InChI=1S/C26H29F3O3S.C25H27F3O3S/c1-3-4-5-19(14-15-32-21-10-6-18(7-11-21)8-13-24(30)31)25-17(2)22-12-9-20(26(27,28)29)16-23(22)33-25;1-3-4-5-18(12-13-31-20-9-6-17(7-10-20)14-23(29)30)24-16(2)21-11-8-19(25(26,27)28)15-22(21)32-24/h6-7,9-12,16,19H,3-5,8,13-15H2,1-2H3,(H,30,31);6-11,15,18H,3-5,12-14H2,1-2H3,(H,29,30). The smallest absolute Gasteiger partial charge is 0.416 e. The van der Waals surface area contributed by atoms with Crippen LogP contribution in [-0.4, -0.2) is 35.4 Å². The number of halogens is 6. The first-order chi connectivity index (χ1) is 30.9. The zero-order valence-corrected chi connectivity index (χ0v) is 38.7. The molecule has 0 aliphatic heterocycles. The predicted molar refractivity (Wildman–Crippen MR) is 248 cm³/mol. The van der Waals surface area contributed by atoms with Gasteiger partial charge in [0.25, 0.3) is 0 Å². The third kappa shape index (κ3) is 14.7. The molecule has 6 aromatic rings. The number of aliphatic carboxylic acids is 2. The molecule has 0 radical (unpaired) electrons. The lowest BCUT2D eigenvalue weighted by Crippen LogP contribution is -2.06. The molecule has 2 unspecified atom stereocenters. The van der Waals surface area contributed by atoms with Gasteiger partial charge >= 0.3 is 24.3 Å². The zero-order chi connectivity index (χ0) is 47.3. The molecule has 2 heterocycles. The van der Waals surface area contributed by atoms with Crippen LogP contribution < -0.4 is 9.47 Å². The Bertz CT molecular complexity index is 2470. The molecule has 14 heteroatoms. The maximum absolute atomic E-state index is 13.1. The Hall–Kier alpha value is -5.08. The minimum Gasteiger partial charge on any atom is -0.494 e. The lowest BCUT2D eigenvalue weighted by molar-refractivity contribution is -0.138. The summed E-state index contributed by atoms with van der Waals surface area (Å²) in [5.74, 6) is 0.153. The van der Waals surface area contributed by atoms with Crippen molar-refractivity contribution in [3.05, 3.63) is 128 Å². The quantitative estimate of drug-likeness (QED) is 0.0698. The van der Waals surface area contributed by atoms with E-state index in [0.29, 0.717) is 40.3 Å². The van der Waals surface area contributed by atoms with Crippen LogP contribution in [0.25, 0.3) is 20.2 Å². The van der Waals surface area contributed by atoms with Crippen molar-refractivity contribution in [1.29, 1.82) is 0 Å². The average molecular weight is 943 g/mol. The van der Waals surface area contributed by atoms with E-state index in [1.54, 1.807) is 36.4 Å². The summed E-state index contributed by atoms with van der Waals surface area (Å²) in [6, 6.07) is 22.5. The van der Waals surface area contributed by atoms with Crippen LogP contribution in [0.4, 0.5) is 26.3 Å². The zero-order valence-electron chi connectivity index (χ0n) is 37.0. The summed E-state index contributed by atoms with van der Waals surface area (Å²) in [4.78, 5) is 23.8. The van der Waals surface area contributed by atoms with Gasteiger partial charge in [0.1, 0.15) is 11.5 Å². The highest BCUT2D eigenvalue weighted by molar-refractivity contribution is 7.19. The van der Waals surface area contributed by atoms with Gasteiger partial charge in [-0.15, -0.1) is 22.7 Å². The molecular formula is C51H56F6O6S2. The van der Waals surface area contributed by atoms with Crippen molar-refractivity contribution in [2.45, 2.75) is 123 Å². The van der Waals surface area contributed by atoms with Gasteiger partial charge in [-0.05, 0) is 139 Å². The van der Waals surface area contributed by atoms with Crippen LogP contribution in [-0.2, 0) is 34.8 Å². The van der Waals surface area contributed by atoms with E-state index in [-0.39, 0.29) is 24.7 Å². The molecular weight excluding hydrogens is 887 g/mol. The highest BCUT2D eigenvalue weighted by Crippen LogP contribution is 2.43. The Morgan fingerprint density at radius 2 is 1.00 bits per heavy atom. The Morgan fingerprint density at radius 3 is 1.37 bits per heavy atom. The van der Waals surface area contributed by atoms with Crippen molar-refractivity contribution >= 4 is 54.8 Å². The maximum Gasteiger partial charge on any atom is 0.416 e. The summed E-state index contributed by atoms with van der Waals surface area (Å²) in [6.45, 7) is 9.23. The molecule has 2 atom stereocenters. The maximum atomic E-state index is 13.1. The molecule has 0 bridgehead atoms. The topological polar surface area (TPSA) is 93.1 Å². The van der Waals surface area contributed by atoms with Gasteiger partial charge < -0.3 is 19.7 Å². The van der Waals surface area contributed by atoms with E-state index in [9.17, 15) is 35.9 Å². The van der Waals surface area contributed by atoms with Gasteiger partial charge in [0, 0.05) is 25.6 Å². The molecule has 0 saturated heterocycles. The Kier molecular flexibility index (Phi) is 18.3. The molecule has 0 amide bonds. The number of benzene rings is 4. The number of alkyl halides is 6. The SMILES string of the molecule is CCCCC(CCOc1ccc(CC(=O)O)cc1)c1sc2cc(C(F)(F)F)ccc2c1C.CCCCC(CCOc1ccc(CCC(=O)O)cc1)c1sc2cc(C(F)(F)F)ccc2c1C. The summed E-state index contributed by atoms with van der Waals surface area (Å²) in [7, 11) is 0. The van der Waals surface area contributed by atoms with Crippen molar-refractivity contribution in [2.24, 2.45) is 0 Å². The molecule has 6 nitrogen and oxygen atoms in total. The number of fused-ring (bicyclic) bond motifs is 2. The molecule has 0 saturated carbocycles. The van der Waals surface area contributed by atoms with Gasteiger partial charge in [0.15, 0.2) is 0 Å². The van der Waals surface area contributed by atoms with Crippen LogP contribution in [0.3, 0.4) is 0 Å². The fourth-order valence-corrected chi connectivity index (χ4v) is 10.7. The van der Waals surface area contributed by atoms with E-state index in [1.165, 1.54) is 34.8 Å². The minimum absolute atomic E-state index is 0.0271. The molecule has 0 aliphatic carbocycles. The Balaban J connectivity index is 0.000000244. The number of carboxylic acid groups (broad SMARTS) is 2. The van der Waals surface area contributed by atoms with Gasteiger partial charge in [0.2, 0.25) is 0 Å². The number of hydrogen-bond acceptors (Lipinski definition) is 6. The minimum atomic E-state index is -4.35. The summed E-state index contributed by atoms with van der Waals surface area (Å²) in [5, 5.41) is 19.4. The number of aryl methyl sites for hydroxylation is 3. The molecule has 350 valence electrons. The number of rotatable bonds is 21. The number of carbonyl (C=O) groups is 2. The summed E-state index contributed by atoms with van der Waals surface area (Å²) in [5.41, 5.74) is 2.56. The molecule has 2 aromatic heterocycles.